The minimum Gasteiger partial charge on any atom is -0.496 e. The Morgan fingerprint density at radius 1 is 1.03 bits per heavy atom. The number of methoxy groups -OCH3 is 1. The summed E-state index contributed by atoms with van der Waals surface area (Å²) in [6.07, 6.45) is 6.77. The number of rotatable bonds is 7. The Kier molecular flexibility index (Phi) is 6.55. The van der Waals surface area contributed by atoms with E-state index in [1.54, 1.807) is 67.1 Å². The minimum absolute atomic E-state index is 0.237. The van der Waals surface area contributed by atoms with Gasteiger partial charge in [-0.25, -0.2) is 4.79 Å². The van der Waals surface area contributed by atoms with Gasteiger partial charge in [0.25, 0.3) is 5.91 Å². The van der Waals surface area contributed by atoms with Gasteiger partial charge in [0.1, 0.15) is 17.2 Å². The quantitative estimate of drug-likeness (QED) is 0.301. The summed E-state index contributed by atoms with van der Waals surface area (Å²) >= 11 is 6.38. The van der Waals surface area contributed by atoms with Crippen molar-refractivity contribution in [3.63, 3.8) is 0 Å². The average molecular weight is 504 g/mol. The Bertz CT molecular complexity index is 1440. The third-order valence-electron chi connectivity index (χ3n) is 5.52. The molecule has 0 atom stereocenters. The second-order valence-electron chi connectivity index (χ2n) is 8.19. The van der Waals surface area contributed by atoms with Crippen LogP contribution in [0, 0.1) is 0 Å². The lowest BCUT2D eigenvalue weighted by molar-refractivity contribution is 0.102. The minimum atomic E-state index is -0.362. The molecular formula is C26H22ClN5O4. The van der Waals surface area contributed by atoms with Crippen LogP contribution in [-0.2, 0) is 0 Å². The van der Waals surface area contributed by atoms with Crippen molar-refractivity contribution in [2.24, 2.45) is 0 Å². The number of urea groups is 1. The van der Waals surface area contributed by atoms with Crippen molar-refractivity contribution in [1.29, 1.82) is 0 Å². The third-order valence-corrected chi connectivity index (χ3v) is 5.83. The second kappa shape index (κ2) is 10.1. The highest BCUT2D eigenvalue weighted by Crippen LogP contribution is 2.35. The Labute approximate surface area is 211 Å². The van der Waals surface area contributed by atoms with Gasteiger partial charge in [-0.05, 0) is 49.2 Å². The summed E-state index contributed by atoms with van der Waals surface area (Å²) < 4.78 is 11.5. The normalized spacial score (nSPS) is 12.6. The van der Waals surface area contributed by atoms with E-state index in [0.717, 1.165) is 12.8 Å². The van der Waals surface area contributed by atoms with Crippen LogP contribution in [0.15, 0.2) is 67.1 Å². The highest BCUT2D eigenvalue weighted by Gasteiger charge is 2.23. The molecule has 2 aromatic carbocycles. The van der Waals surface area contributed by atoms with E-state index in [2.05, 4.69) is 25.9 Å². The number of amides is 3. The molecule has 182 valence electrons. The van der Waals surface area contributed by atoms with E-state index in [-0.39, 0.29) is 18.0 Å². The lowest BCUT2D eigenvalue weighted by Crippen LogP contribution is -2.30. The molecule has 0 bridgehead atoms. The van der Waals surface area contributed by atoms with Crippen LogP contribution < -0.4 is 25.4 Å². The highest BCUT2D eigenvalue weighted by molar-refractivity contribution is 6.33. The number of fused-ring (bicyclic) bond motifs is 1. The van der Waals surface area contributed by atoms with Gasteiger partial charge < -0.3 is 25.4 Å². The summed E-state index contributed by atoms with van der Waals surface area (Å²) in [6.45, 7) is 0. The van der Waals surface area contributed by atoms with Gasteiger partial charge in [0.15, 0.2) is 0 Å². The van der Waals surface area contributed by atoms with Crippen LogP contribution in [-0.4, -0.2) is 35.1 Å². The number of pyridine rings is 2. The van der Waals surface area contributed by atoms with Crippen LogP contribution in [0.3, 0.4) is 0 Å². The molecule has 1 aliphatic carbocycles. The molecule has 36 heavy (non-hydrogen) atoms. The highest BCUT2D eigenvalue weighted by atomic mass is 35.5. The Hall–Kier alpha value is -4.37. The maximum atomic E-state index is 13.0. The number of hydrogen-bond donors (Lipinski definition) is 3. The van der Waals surface area contributed by atoms with Crippen LogP contribution in [0.25, 0.3) is 10.9 Å². The Morgan fingerprint density at radius 2 is 1.89 bits per heavy atom. The summed E-state index contributed by atoms with van der Waals surface area (Å²) in [5.74, 6) is 0.940. The van der Waals surface area contributed by atoms with E-state index in [9.17, 15) is 9.59 Å². The first-order valence-corrected chi connectivity index (χ1v) is 11.6. The molecule has 9 nitrogen and oxygen atoms in total. The fraction of sp³-hybridized carbons (Fsp3) is 0.154. The first kappa shape index (κ1) is 23.4. The number of carbonyl (C=O) groups excluding carboxylic acids is 2. The number of carbonyl (C=O) groups is 2. The molecule has 1 fully saturated rings. The van der Waals surface area contributed by atoms with Crippen LogP contribution in [0.1, 0.15) is 23.2 Å². The predicted octanol–water partition coefficient (Wildman–Crippen LogP) is 5.62. The van der Waals surface area contributed by atoms with Crippen molar-refractivity contribution in [3.05, 3.63) is 77.7 Å². The molecule has 0 unspecified atom stereocenters. The molecule has 0 spiro atoms. The number of hydrogen-bond acceptors (Lipinski definition) is 6. The van der Waals surface area contributed by atoms with Crippen LogP contribution >= 0.6 is 11.6 Å². The zero-order chi connectivity index (χ0) is 25.1. The van der Waals surface area contributed by atoms with Crippen molar-refractivity contribution in [2.75, 3.05) is 17.7 Å². The van der Waals surface area contributed by atoms with Crippen molar-refractivity contribution >= 4 is 45.8 Å². The van der Waals surface area contributed by atoms with Gasteiger partial charge in [0, 0.05) is 36.0 Å². The molecule has 0 saturated heterocycles. The molecule has 2 heterocycles. The largest absolute Gasteiger partial charge is 0.496 e. The van der Waals surface area contributed by atoms with E-state index in [4.69, 9.17) is 21.1 Å². The number of halogens is 1. The molecule has 4 aromatic rings. The molecule has 10 heteroatoms. The molecular weight excluding hydrogens is 482 g/mol. The van der Waals surface area contributed by atoms with Crippen molar-refractivity contribution in [1.82, 2.24) is 15.3 Å². The molecule has 0 radical (unpaired) electrons. The molecule has 0 aliphatic heterocycles. The van der Waals surface area contributed by atoms with E-state index in [1.165, 1.54) is 7.11 Å². The lowest BCUT2D eigenvalue weighted by atomic mass is 10.1. The molecule has 1 aliphatic rings. The fourth-order valence-corrected chi connectivity index (χ4v) is 3.80. The standard InChI is InChI=1S/C26H22ClN5O4/c1-35-24-13-22-18(12-19(24)25(33)30-16-3-2-9-28-14-16)23(8-10-29-22)36-17-6-7-21(20(27)11-17)32-26(34)31-15-4-5-15/h2-3,6-15H,4-5H2,1H3,(H,30,33)(H2,31,32,34). The maximum Gasteiger partial charge on any atom is 0.319 e. The monoisotopic (exact) mass is 503 g/mol. The van der Waals surface area contributed by atoms with Gasteiger partial charge in [-0.3, -0.25) is 14.8 Å². The predicted molar refractivity (Wildman–Crippen MR) is 137 cm³/mol. The Balaban J connectivity index is 1.41. The second-order valence-corrected chi connectivity index (χ2v) is 8.60. The fourth-order valence-electron chi connectivity index (χ4n) is 3.58. The first-order chi connectivity index (χ1) is 17.5. The van der Waals surface area contributed by atoms with Crippen LogP contribution in [0.2, 0.25) is 5.02 Å². The van der Waals surface area contributed by atoms with Crippen molar-refractivity contribution < 1.29 is 19.1 Å². The number of anilines is 2. The van der Waals surface area contributed by atoms with E-state index < -0.39 is 0 Å². The molecule has 3 N–H and O–H groups in total. The number of nitrogens with one attached hydrogen (secondary N) is 3. The summed E-state index contributed by atoms with van der Waals surface area (Å²) in [5, 5.41) is 9.34. The average Bonchev–Trinajstić information content (AvgIpc) is 3.69. The van der Waals surface area contributed by atoms with Gasteiger partial charge in [0.2, 0.25) is 0 Å². The summed E-state index contributed by atoms with van der Waals surface area (Å²) in [5.41, 5.74) is 1.93. The third kappa shape index (κ3) is 5.31. The number of nitrogens with zero attached hydrogens (tertiary/aromatic N) is 2. The van der Waals surface area contributed by atoms with Gasteiger partial charge >= 0.3 is 6.03 Å². The molecule has 1 saturated carbocycles. The summed E-state index contributed by atoms with van der Waals surface area (Å²) in [7, 11) is 1.49. The lowest BCUT2D eigenvalue weighted by Gasteiger charge is -2.14. The number of ether oxygens (including phenoxy) is 2. The van der Waals surface area contributed by atoms with Gasteiger partial charge in [-0.1, -0.05) is 11.6 Å². The number of benzene rings is 2. The van der Waals surface area contributed by atoms with Crippen molar-refractivity contribution in [3.8, 4) is 17.2 Å². The van der Waals surface area contributed by atoms with Crippen LogP contribution in [0.4, 0.5) is 16.2 Å². The molecule has 3 amide bonds. The zero-order valence-corrected chi connectivity index (χ0v) is 20.0. The molecule has 2 aromatic heterocycles. The molecule has 5 rings (SSSR count). The SMILES string of the molecule is COc1cc2nccc(Oc3ccc(NC(=O)NC4CC4)c(Cl)c3)c2cc1C(=O)Nc1cccnc1. The topological polar surface area (TPSA) is 114 Å². The van der Waals surface area contributed by atoms with Gasteiger partial charge in [-0.2, -0.15) is 0 Å². The van der Waals surface area contributed by atoms with E-state index in [0.29, 0.717) is 50.1 Å². The summed E-state index contributed by atoms with van der Waals surface area (Å²) in [6, 6.07) is 13.4. The first-order valence-electron chi connectivity index (χ1n) is 11.2. The van der Waals surface area contributed by atoms with Crippen molar-refractivity contribution in [2.45, 2.75) is 18.9 Å². The smallest absolute Gasteiger partial charge is 0.319 e. The van der Waals surface area contributed by atoms with E-state index >= 15 is 0 Å². The zero-order valence-electron chi connectivity index (χ0n) is 19.2. The van der Waals surface area contributed by atoms with Gasteiger partial charge in [0.05, 0.1) is 40.8 Å². The van der Waals surface area contributed by atoms with Gasteiger partial charge in [-0.15, -0.1) is 0 Å². The van der Waals surface area contributed by atoms with E-state index in [1.807, 2.05) is 0 Å². The summed E-state index contributed by atoms with van der Waals surface area (Å²) in [4.78, 5) is 33.4. The number of aromatic nitrogens is 2. The Morgan fingerprint density at radius 3 is 2.61 bits per heavy atom. The maximum absolute atomic E-state index is 13.0. The van der Waals surface area contributed by atoms with Crippen LogP contribution in [0.5, 0.6) is 17.2 Å².